The summed E-state index contributed by atoms with van der Waals surface area (Å²) in [6, 6.07) is 9.06. The normalized spacial score (nSPS) is 11.0. The molecule has 13 nitrogen and oxygen atoms in total. The van der Waals surface area contributed by atoms with Crippen LogP contribution in [0.25, 0.3) is 16.9 Å². The molecule has 0 radical (unpaired) electrons. The second-order valence-electron chi connectivity index (χ2n) is 9.75. The summed E-state index contributed by atoms with van der Waals surface area (Å²) in [4.78, 5) is 49.9. The monoisotopic (exact) mass is 667 g/mol. The summed E-state index contributed by atoms with van der Waals surface area (Å²) in [6.45, 7) is -0.0294. The molecule has 17 heteroatoms. The van der Waals surface area contributed by atoms with Crippen molar-refractivity contribution in [1.82, 2.24) is 34.0 Å². The van der Waals surface area contributed by atoms with Crippen molar-refractivity contribution in [3.63, 3.8) is 0 Å². The molecule has 2 N–H and O–H groups in total. The van der Waals surface area contributed by atoms with E-state index >= 15 is 0 Å². The van der Waals surface area contributed by atoms with Crippen LogP contribution in [0.4, 0.5) is 20.3 Å². The van der Waals surface area contributed by atoms with Crippen molar-refractivity contribution in [3.05, 3.63) is 91.9 Å². The zero-order valence-electron chi connectivity index (χ0n) is 24.3. The number of H-pyrrole nitrogens is 1. The number of halogens is 3. The van der Waals surface area contributed by atoms with Crippen LogP contribution in [-0.4, -0.2) is 65.9 Å². The highest BCUT2D eigenvalue weighted by atomic mass is 35.5. The Morgan fingerprint density at radius 2 is 2.02 bits per heavy atom. The van der Waals surface area contributed by atoms with Crippen molar-refractivity contribution in [1.29, 1.82) is 5.26 Å². The molecule has 5 rings (SSSR count). The highest BCUT2D eigenvalue weighted by Gasteiger charge is 2.20. The fraction of sp³-hybridized carbons (Fsp3) is 0.207. The van der Waals surface area contributed by atoms with Crippen LogP contribution in [-0.2, 0) is 7.05 Å². The molecule has 0 spiro atoms. The van der Waals surface area contributed by atoms with E-state index in [1.807, 2.05) is 0 Å². The van der Waals surface area contributed by atoms with Gasteiger partial charge in [0.1, 0.15) is 6.07 Å². The molecule has 5 aromatic rings. The van der Waals surface area contributed by atoms with Crippen LogP contribution in [0.3, 0.4) is 0 Å². The number of thioether (sulfide) groups is 1. The van der Waals surface area contributed by atoms with Gasteiger partial charge in [0, 0.05) is 50.0 Å². The number of nitriles is 1. The second-order valence-corrected chi connectivity index (χ2v) is 11.2. The molecule has 3 heterocycles. The predicted octanol–water partition coefficient (Wildman–Crippen LogP) is 4.01. The summed E-state index contributed by atoms with van der Waals surface area (Å²) in [5.41, 5.74) is -0.380. The third kappa shape index (κ3) is 6.70. The minimum absolute atomic E-state index is 0.0706. The highest BCUT2D eigenvalue weighted by Crippen LogP contribution is 2.32. The van der Waals surface area contributed by atoms with Crippen LogP contribution < -0.4 is 21.2 Å². The van der Waals surface area contributed by atoms with Gasteiger partial charge in [0.15, 0.2) is 34.8 Å². The van der Waals surface area contributed by atoms with E-state index in [2.05, 4.69) is 25.4 Å². The first-order valence-corrected chi connectivity index (χ1v) is 14.9. The minimum atomic E-state index is -1.22. The number of fused-ring (bicyclic) bond motifs is 1. The number of aromatic amines is 1. The van der Waals surface area contributed by atoms with Gasteiger partial charge in [0.05, 0.1) is 22.5 Å². The molecule has 0 fully saturated rings. The average molecular weight is 668 g/mol. The molecule has 236 valence electrons. The maximum Gasteiger partial charge on any atom is 0.339 e. The molecule has 0 unspecified atom stereocenters. The molecule has 1 amide bonds. The Morgan fingerprint density at radius 3 is 2.78 bits per heavy atom. The van der Waals surface area contributed by atoms with Crippen LogP contribution in [0.2, 0.25) is 5.02 Å². The predicted molar refractivity (Wildman–Crippen MR) is 167 cm³/mol. The number of carbonyl (C=O) groups excluding carboxylic acids is 1. The first-order valence-electron chi connectivity index (χ1n) is 13.5. The summed E-state index contributed by atoms with van der Waals surface area (Å²) in [7, 11) is 3.22. The van der Waals surface area contributed by atoms with Gasteiger partial charge in [0.2, 0.25) is 5.82 Å². The number of aryl methyl sites for hydroxylation is 1. The van der Waals surface area contributed by atoms with Gasteiger partial charge in [-0.3, -0.25) is 28.6 Å². The third-order valence-corrected chi connectivity index (χ3v) is 8.10. The van der Waals surface area contributed by atoms with Crippen LogP contribution in [0, 0.1) is 23.0 Å². The van der Waals surface area contributed by atoms with Gasteiger partial charge < -0.3 is 15.0 Å². The molecule has 0 atom stereocenters. The Bertz CT molecular complexity index is 2110. The van der Waals surface area contributed by atoms with Gasteiger partial charge in [0.25, 0.3) is 5.91 Å². The highest BCUT2D eigenvalue weighted by molar-refractivity contribution is 7.99. The molecule has 0 aliphatic carbocycles. The summed E-state index contributed by atoms with van der Waals surface area (Å²) in [5, 5.41) is 14.7. The molecule has 2 aromatic carbocycles. The van der Waals surface area contributed by atoms with Crippen molar-refractivity contribution in [2.45, 2.75) is 11.6 Å². The molecule has 0 saturated heterocycles. The Kier molecular flexibility index (Phi) is 9.64. The van der Waals surface area contributed by atoms with Crippen molar-refractivity contribution in [2.75, 3.05) is 31.3 Å². The van der Waals surface area contributed by atoms with Crippen LogP contribution in [0.5, 0.6) is 5.75 Å². The summed E-state index contributed by atoms with van der Waals surface area (Å²) < 4.78 is 37.4. The van der Waals surface area contributed by atoms with Crippen molar-refractivity contribution in [2.24, 2.45) is 7.05 Å². The lowest BCUT2D eigenvalue weighted by atomic mass is 10.1. The summed E-state index contributed by atoms with van der Waals surface area (Å²) in [6.07, 6.45) is 4.95. The number of hydrogen-bond donors (Lipinski definition) is 2. The first-order chi connectivity index (χ1) is 22.1. The Hall–Kier alpha value is -5.27. The lowest BCUT2D eigenvalue weighted by Gasteiger charge is -2.18. The molecule has 0 aliphatic heterocycles. The molecular weight excluding hydrogens is 644 g/mol. The van der Waals surface area contributed by atoms with E-state index in [1.54, 1.807) is 44.6 Å². The largest absolute Gasteiger partial charge is 0.476 e. The number of rotatable bonds is 11. The van der Waals surface area contributed by atoms with Crippen LogP contribution in [0.15, 0.2) is 63.7 Å². The number of nitrogens with zero attached hydrogens (tertiary/aromatic N) is 7. The van der Waals surface area contributed by atoms with Crippen molar-refractivity contribution < 1.29 is 18.3 Å². The quantitative estimate of drug-likeness (QED) is 0.120. The van der Waals surface area contributed by atoms with Crippen LogP contribution >= 0.6 is 23.4 Å². The Balaban J connectivity index is 1.26. The Morgan fingerprint density at radius 1 is 1.22 bits per heavy atom. The van der Waals surface area contributed by atoms with Gasteiger partial charge in [-0.1, -0.05) is 23.4 Å². The van der Waals surface area contributed by atoms with E-state index in [0.29, 0.717) is 41.0 Å². The Labute approximate surface area is 268 Å². The maximum atomic E-state index is 14.9. The molecule has 0 aliphatic rings. The van der Waals surface area contributed by atoms with Gasteiger partial charge in [-0.15, -0.1) is 0 Å². The molecule has 46 heavy (non-hydrogen) atoms. The number of anilines is 2. The standard InChI is InChI=1S/C29H24ClF2N9O4S/c1-39(10-3-13-46-29-37-26(42)27(43)38-40(29)2)28(44)17-5-4-16(14-19(17)30)36-24-25-35-15-20(41(25)11-9-34-24)18-6-7-21(45-12-8-33)23(32)22(18)31/h4-7,9,11,14-15H,3,10,12-13H2,1-2H3,(H,34,36)(H,38,43). The number of carbonyl (C=O) groups is 1. The second kappa shape index (κ2) is 13.8. The molecular formula is C29H24ClF2N9O4S. The molecule has 3 aromatic heterocycles. The van der Waals surface area contributed by atoms with Gasteiger partial charge in [-0.05, 0) is 36.8 Å². The van der Waals surface area contributed by atoms with E-state index in [-0.39, 0.29) is 33.5 Å². The number of ether oxygens (including phenoxy) is 1. The lowest BCUT2D eigenvalue weighted by Crippen LogP contribution is -2.34. The van der Waals surface area contributed by atoms with Gasteiger partial charge in [-0.25, -0.2) is 14.4 Å². The number of hydrogen-bond acceptors (Lipinski definition) is 10. The number of imidazole rings is 1. The number of aromatic nitrogens is 6. The molecule has 0 saturated carbocycles. The van der Waals surface area contributed by atoms with E-state index in [9.17, 15) is 23.2 Å². The maximum absolute atomic E-state index is 14.9. The number of nitrogens with one attached hydrogen (secondary N) is 2. The fourth-order valence-corrected chi connectivity index (χ4v) is 5.53. The minimum Gasteiger partial charge on any atom is -0.476 e. The SMILES string of the molecule is CN(CCCSc1nc(=O)c(=O)[nH]n1C)C(=O)c1ccc(Nc2nccn3c(-c4ccc(OCC#N)c(F)c4F)cnc23)cc1Cl. The lowest BCUT2D eigenvalue weighted by molar-refractivity contribution is 0.0795. The smallest absolute Gasteiger partial charge is 0.339 e. The van der Waals surface area contributed by atoms with E-state index in [4.69, 9.17) is 21.6 Å². The van der Waals surface area contributed by atoms with Crippen molar-refractivity contribution >= 4 is 46.4 Å². The van der Waals surface area contributed by atoms with Gasteiger partial charge in [-0.2, -0.15) is 14.6 Å². The van der Waals surface area contributed by atoms with Gasteiger partial charge >= 0.3 is 11.1 Å². The number of benzene rings is 2. The zero-order valence-corrected chi connectivity index (χ0v) is 25.8. The van der Waals surface area contributed by atoms with Crippen molar-refractivity contribution in [3.8, 4) is 23.1 Å². The average Bonchev–Trinajstić information content (AvgIpc) is 3.47. The van der Waals surface area contributed by atoms with E-state index in [0.717, 1.165) is 0 Å². The topological polar surface area (TPSA) is 163 Å². The third-order valence-electron chi connectivity index (χ3n) is 6.67. The van der Waals surface area contributed by atoms with E-state index in [1.165, 1.54) is 50.3 Å². The van der Waals surface area contributed by atoms with E-state index < -0.39 is 29.4 Å². The first kappa shape index (κ1) is 32.1. The zero-order chi connectivity index (χ0) is 33.0. The summed E-state index contributed by atoms with van der Waals surface area (Å²) in [5.74, 6) is -2.22. The fourth-order valence-electron chi connectivity index (χ4n) is 4.42. The van der Waals surface area contributed by atoms with Crippen LogP contribution in [0.1, 0.15) is 16.8 Å². The molecule has 0 bridgehead atoms. The number of amides is 1. The summed E-state index contributed by atoms with van der Waals surface area (Å²) >= 11 is 7.77.